The van der Waals surface area contributed by atoms with E-state index in [4.69, 9.17) is 4.74 Å². The standard InChI is InChI=1S/C18H18O3/c1-4-21-18(20)16-11-13(3)12(2)10-15(16)17(19)14-8-6-5-7-9-14/h5-11H,4H2,1-3H3. The highest BCUT2D eigenvalue weighted by molar-refractivity contribution is 6.14. The molecule has 0 N–H and O–H groups in total. The maximum Gasteiger partial charge on any atom is 0.338 e. The molecule has 2 rings (SSSR count). The average Bonchev–Trinajstić information content (AvgIpc) is 2.50. The van der Waals surface area contributed by atoms with E-state index in [1.165, 1.54) is 0 Å². The van der Waals surface area contributed by atoms with Gasteiger partial charge >= 0.3 is 5.97 Å². The molecule has 0 aromatic heterocycles. The Bertz CT molecular complexity index is 672. The molecule has 21 heavy (non-hydrogen) atoms. The Morgan fingerprint density at radius 3 is 2.10 bits per heavy atom. The molecule has 0 bridgehead atoms. The number of rotatable bonds is 4. The summed E-state index contributed by atoms with van der Waals surface area (Å²) in [6, 6.07) is 12.4. The van der Waals surface area contributed by atoms with E-state index in [0.717, 1.165) is 11.1 Å². The van der Waals surface area contributed by atoms with Crippen LogP contribution < -0.4 is 0 Å². The summed E-state index contributed by atoms with van der Waals surface area (Å²) in [6.45, 7) is 5.86. The van der Waals surface area contributed by atoms with Gasteiger partial charge < -0.3 is 4.74 Å². The Morgan fingerprint density at radius 2 is 1.52 bits per heavy atom. The van der Waals surface area contributed by atoms with E-state index in [1.807, 2.05) is 19.9 Å². The molecule has 0 aliphatic carbocycles. The predicted octanol–water partition coefficient (Wildman–Crippen LogP) is 3.71. The highest BCUT2D eigenvalue weighted by Gasteiger charge is 2.20. The predicted molar refractivity (Wildman–Crippen MR) is 81.7 cm³/mol. The van der Waals surface area contributed by atoms with Crippen LogP contribution in [0.3, 0.4) is 0 Å². The SMILES string of the molecule is CCOC(=O)c1cc(C)c(C)cc1C(=O)c1ccccc1. The number of ether oxygens (including phenoxy) is 1. The zero-order valence-electron chi connectivity index (χ0n) is 12.5. The van der Waals surface area contributed by atoms with Crippen LogP contribution in [0.4, 0.5) is 0 Å². The van der Waals surface area contributed by atoms with Crippen LogP contribution in [0.2, 0.25) is 0 Å². The number of aryl methyl sites for hydroxylation is 2. The van der Waals surface area contributed by atoms with Crippen molar-refractivity contribution in [2.45, 2.75) is 20.8 Å². The van der Waals surface area contributed by atoms with Crippen molar-refractivity contribution in [3.8, 4) is 0 Å². The van der Waals surface area contributed by atoms with E-state index in [-0.39, 0.29) is 12.4 Å². The summed E-state index contributed by atoms with van der Waals surface area (Å²) in [5, 5.41) is 0. The fourth-order valence-electron chi connectivity index (χ4n) is 2.13. The molecular formula is C18H18O3. The number of ketones is 1. The lowest BCUT2D eigenvalue weighted by Crippen LogP contribution is -2.13. The second kappa shape index (κ2) is 6.35. The largest absolute Gasteiger partial charge is 0.462 e. The van der Waals surface area contributed by atoms with Gasteiger partial charge in [-0.15, -0.1) is 0 Å². The third kappa shape index (κ3) is 3.19. The van der Waals surface area contributed by atoms with E-state index in [9.17, 15) is 9.59 Å². The summed E-state index contributed by atoms with van der Waals surface area (Å²) in [4.78, 5) is 24.7. The first-order chi connectivity index (χ1) is 10.0. The third-order valence-electron chi connectivity index (χ3n) is 3.41. The summed E-state index contributed by atoms with van der Waals surface area (Å²) in [5.74, 6) is -0.623. The minimum atomic E-state index is -0.458. The molecule has 108 valence electrons. The highest BCUT2D eigenvalue weighted by atomic mass is 16.5. The Morgan fingerprint density at radius 1 is 0.952 bits per heavy atom. The Balaban J connectivity index is 2.54. The van der Waals surface area contributed by atoms with Gasteiger partial charge in [-0.05, 0) is 44.0 Å². The van der Waals surface area contributed by atoms with Crippen molar-refractivity contribution in [1.29, 1.82) is 0 Å². The first-order valence-electron chi connectivity index (χ1n) is 6.92. The zero-order chi connectivity index (χ0) is 15.4. The van der Waals surface area contributed by atoms with E-state index in [1.54, 1.807) is 43.3 Å². The maximum atomic E-state index is 12.6. The molecule has 0 atom stereocenters. The number of carbonyl (C=O) groups excluding carboxylic acids is 2. The second-order valence-corrected chi connectivity index (χ2v) is 4.90. The fraction of sp³-hybridized carbons (Fsp3) is 0.222. The smallest absolute Gasteiger partial charge is 0.338 e. The summed E-state index contributed by atoms with van der Waals surface area (Å²) in [6.07, 6.45) is 0. The lowest BCUT2D eigenvalue weighted by molar-refractivity contribution is 0.0523. The number of benzene rings is 2. The van der Waals surface area contributed by atoms with Gasteiger partial charge in [0, 0.05) is 11.1 Å². The van der Waals surface area contributed by atoms with Crippen LogP contribution in [-0.4, -0.2) is 18.4 Å². The van der Waals surface area contributed by atoms with Crippen molar-refractivity contribution in [3.63, 3.8) is 0 Å². The van der Waals surface area contributed by atoms with Crippen LogP contribution >= 0.6 is 0 Å². The second-order valence-electron chi connectivity index (χ2n) is 4.90. The summed E-state index contributed by atoms with van der Waals surface area (Å²) in [5.41, 5.74) is 3.22. The summed E-state index contributed by atoms with van der Waals surface area (Å²) >= 11 is 0. The van der Waals surface area contributed by atoms with Crippen molar-refractivity contribution in [3.05, 3.63) is 70.3 Å². The van der Waals surface area contributed by atoms with Crippen LogP contribution in [0, 0.1) is 13.8 Å². The molecule has 0 amide bonds. The maximum absolute atomic E-state index is 12.6. The van der Waals surface area contributed by atoms with Gasteiger partial charge in [-0.25, -0.2) is 4.79 Å². The molecule has 0 saturated carbocycles. The molecule has 3 nitrogen and oxygen atoms in total. The molecule has 0 saturated heterocycles. The topological polar surface area (TPSA) is 43.4 Å². The number of hydrogen-bond donors (Lipinski definition) is 0. The van der Waals surface area contributed by atoms with Crippen LogP contribution in [0.1, 0.15) is 44.3 Å². The van der Waals surface area contributed by atoms with Gasteiger partial charge in [-0.1, -0.05) is 30.3 Å². The minimum absolute atomic E-state index is 0.165. The zero-order valence-corrected chi connectivity index (χ0v) is 12.5. The van der Waals surface area contributed by atoms with Gasteiger partial charge in [0.15, 0.2) is 5.78 Å². The number of esters is 1. The normalized spacial score (nSPS) is 10.2. The fourth-order valence-corrected chi connectivity index (χ4v) is 2.13. The van der Waals surface area contributed by atoms with Gasteiger partial charge in [-0.3, -0.25) is 4.79 Å². The Hall–Kier alpha value is -2.42. The van der Waals surface area contributed by atoms with Crippen LogP contribution in [0.25, 0.3) is 0 Å². The van der Waals surface area contributed by atoms with Crippen molar-refractivity contribution in [2.24, 2.45) is 0 Å². The molecule has 0 spiro atoms. The number of carbonyl (C=O) groups is 2. The van der Waals surface area contributed by atoms with Gasteiger partial charge in [0.2, 0.25) is 0 Å². The van der Waals surface area contributed by atoms with Crippen LogP contribution in [0.15, 0.2) is 42.5 Å². The van der Waals surface area contributed by atoms with Crippen molar-refractivity contribution < 1.29 is 14.3 Å². The molecule has 0 fully saturated rings. The first kappa shape index (κ1) is 15.0. The first-order valence-corrected chi connectivity index (χ1v) is 6.92. The van der Waals surface area contributed by atoms with E-state index in [2.05, 4.69) is 0 Å². The summed E-state index contributed by atoms with van der Waals surface area (Å²) < 4.78 is 5.06. The van der Waals surface area contributed by atoms with Gasteiger partial charge in [0.1, 0.15) is 0 Å². The Kier molecular flexibility index (Phi) is 4.53. The van der Waals surface area contributed by atoms with Crippen molar-refractivity contribution in [1.82, 2.24) is 0 Å². The van der Waals surface area contributed by atoms with Crippen molar-refractivity contribution in [2.75, 3.05) is 6.61 Å². The monoisotopic (exact) mass is 282 g/mol. The van der Waals surface area contributed by atoms with Gasteiger partial charge in [0.05, 0.1) is 12.2 Å². The number of hydrogen-bond acceptors (Lipinski definition) is 3. The quantitative estimate of drug-likeness (QED) is 0.634. The summed E-state index contributed by atoms with van der Waals surface area (Å²) in [7, 11) is 0. The van der Waals surface area contributed by atoms with Crippen molar-refractivity contribution >= 4 is 11.8 Å². The van der Waals surface area contributed by atoms with E-state index >= 15 is 0 Å². The molecule has 0 aliphatic heterocycles. The highest BCUT2D eigenvalue weighted by Crippen LogP contribution is 2.20. The molecule has 2 aromatic rings. The minimum Gasteiger partial charge on any atom is -0.462 e. The third-order valence-corrected chi connectivity index (χ3v) is 3.41. The molecule has 2 aromatic carbocycles. The van der Waals surface area contributed by atoms with E-state index in [0.29, 0.717) is 16.7 Å². The lowest BCUT2D eigenvalue weighted by Gasteiger charge is -2.11. The molecule has 0 heterocycles. The molecule has 3 heteroatoms. The molecular weight excluding hydrogens is 264 g/mol. The molecule has 0 radical (unpaired) electrons. The molecule has 0 unspecified atom stereocenters. The van der Waals surface area contributed by atoms with Gasteiger partial charge in [-0.2, -0.15) is 0 Å². The van der Waals surface area contributed by atoms with Crippen LogP contribution in [0.5, 0.6) is 0 Å². The Labute approximate surface area is 124 Å². The lowest BCUT2D eigenvalue weighted by atomic mass is 9.94. The average molecular weight is 282 g/mol. The van der Waals surface area contributed by atoms with Gasteiger partial charge in [0.25, 0.3) is 0 Å². The van der Waals surface area contributed by atoms with E-state index < -0.39 is 5.97 Å². The van der Waals surface area contributed by atoms with Crippen LogP contribution in [-0.2, 0) is 4.74 Å². The molecule has 0 aliphatic rings.